The number of anilines is 4. The number of fused-ring (bicyclic) bond motifs is 2. The Morgan fingerprint density at radius 1 is 0.585 bits per heavy atom. The second kappa shape index (κ2) is 14.5. The second-order valence-corrected chi connectivity index (χ2v) is 16.0. The number of rotatable bonds is 8. The monoisotopic (exact) mass is 765 g/mol. The van der Waals surface area contributed by atoms with E-state index in [1.165, 1.54) is 48.9 Å². The van der Waals surface area contributed by atoms with Crippen molar-refractivity contribution in [1.82, 2.24) is 15.0 Å². The van der Waals surface area contributed by atoms with Crippen molar-refractivity contribution < 1.29 is 39.6 Å². The molecule has 0 aliphatic heterocycles. The molecule has 6 rings (SSSR count). The number of aromatic nitrogens is 3. The number of aryl methyl sites for hydroxylation is 2. The average Bonchev–Trinajstić information content (AvgIpc) is 3.04. The van der Waals surface area contributed by atoms with Gasteiger partial charge in [-0.3, -0.25) is 24.5 Å². The van der Waals surface area contributed by atoms with Gasteiger partial charge >= 0.3 is 0 Å². The molecule has 53 heavy (non-hydrogen) atoms. The molecule has 0 aliphatic carbocycles. The fraction of sp³-hybridized carbons (Fsp3) is 0.114. The third kappa shape index (κ3) is 8.50. The molecule has 0 saturated carbocycles. The van der Waals surface area contributed by atoms with Crippen LogP contribution in [0.2, 0.25) is 0 Å². The zero-order valence-corrected chi connectivity index (χ0v) is 30.0. The van der Waals surface area contributed by atoms with Crippen molar-refractivity contribution >= 4 is 76.0 Å². The number of hydrogen-bond donors (Lipinski definition) is 4. The van der Waals surface area contributed by atoms with Crippen molar-refractivity contribution in [2.24, 2.45) is 11.5 Å². The molecule has 3 heterocycles. The first kappa shape index (κ1) is 38.1. The molecule has 13 nitrogen and oxygen atoms in total. The molecule has 0 aliphatic rings. The van der Waals surface area contributed by atoms with Crippen LogP contribution in [-0.4, -0.2) is 56.1 Å². The first-order valence-corrected chi connectivity index (χ1v) is 19.0. The number of carbonyl (C=O) groups excluding carboxylic acids is 2. The summed E-state index contributed by atoms with van der Waals surface area (Å²) in [7, 11) is -7.03. The molecule has 0 unspecified atom stereocenters. The summed E-state index contributed by atoms with van der Waals surface area (Å²) in [4.78, 5) is 35.9. The lowest BCUT2D eigenvalue weighted by Gasteiger charge is -2.15. The van der Waals surface area contributed by atoms with E-state index in [0.29, 0.717) is 33.6 Å². The number of sulfone groups is 2. The SMILES string of the molecule is Cc1cc(S(C)(=O)=O)cc2c(Nc3cc(F)cc(F)c3)c(C(N)=O)cnc12.Cc1cc(S(C)(=O)=O)cc2c(Nc3cncc(F)c3)c(C(N)=O)cnc12. The van der Waals surface area contributed by atoms with Gasteiger partial charge in [-0.15, -0.1) is 0 Å². The van der Waals surface area contributed by atoms with Crippen LogP contribution in [-0.2, 0) is 19.7 Å². The number of pyridine rings is 3. The van der Waals surface area contributed by atoms with Crippen molar-refractivity contribution in [3.8, 4) is 0 Å². The molecule has 2 amide bonds. The molecule has 0 atom stereocenters. The fourth-order valence-electron chi connectivity index (χ4n) is 5.36. The van der Waals surface area contributed by atoms with Crippen LogP contribution in [0, 0.1) is 31.3 Å². The van der Waals surface area contributed by atoms with E-state index in [2.05, 4.69) is 25.6 Å². The van der Waals surface area contributed by atoms with Crippen LogP contribution >= 0.6 is 0 Å². The number of halogens is 3. The highest BCUT2D eigenvalue weighted by molar-refractivity contribution is 7.91. The number of nitrogens with one attached hydrogen (secondary N) is 2. The van der Waals surface area contributed by atoms with Gasteiger partial charge in [0.2, 0.25) is 0 Å². The fourth-order valence-corrected chi connectivity index (χ4v) is 6.81. The molecule has 274 valence electrons. The Morgan fingerprint density at radius 2 is 1.00 bits per heavy atom. The molecule has 0 fully saturated rings. The maximum absolute atomic E-state index is 13.5. The van der Waals surface area contributed by atoms with E-state index in [0.717, 1.165) is 30.8 Å². The van der Waals surface area contributed by atoms with Crippen molar-refractivity contribution in [1.29, 1.82) is 0 Å². The van der Waals surface area contributed by atoms with Crippen LogP contribution in [0.1, 0.15) is 31.8 Å². The molecular formula is C35H30F3N7O6S2. The second-order valence-electron chi connectivity index (χ2n) is 11.9. The topological polar surface area (TPSA) is 217 Å². The summed E-state index contributed by atoms with van der Waals surface area (Å²) in [6.45, 7) is 3.38. The zero-order valence-electron chi connectivity index (χ0n) is 28.3. The Hall–Kier alpha value is -6.14. The molecule has 0 bridgehead atoms. The molecule has 18 heteroatoms. The maximum Gasteiger partial charge on any atom is 0.252 e. The van der Waals surface area contributed by atoms with Crippen molar-refractivity contribution in [2.75, 3.05) is 23.1 Å². The van der Waals surface area contributed by atoms with Gasteiger partial charge in [0, 0.05) is 53.5 Å². The van der Waals surface area contributed by atoms with E-state index in [1.807, 2.05) is 0 Å². The van der Waals surface area contributed by atoms with Gasteiger partial charge in [-0.2, -0.15) is 0 Å². The highest BCUT2D eigenvalue weighted by Crippen LogP contribution is 2.34. The quantitative estimate of drug-likeness (QED) is 0.154. The van der Waals surface area contributed by atoms with Gasteiger partial charge in [-0.1, -0.05) is 0 Å². The van der Waals surface area contributed by atoms with Crippen LogP contribution < -0.4 is 22.1 Å². The Balaban J connectivity index is 0.000000204. The lowest BCUT2D eigenvalue weighted by atomic mass is 10.1. The molecular weight excluding hydrogens is 736 g/mol. The first-order valence-electron chi connectivity index (χ1n) is 15.2. The Kier molecular flexibility index (Phi) is 10.4. The van der Waals surface area contributed by atoms with Crippen LogP contribution in [0.15, 0.2) is 83.1 Å². The third-order valence-corrected chi connectivity index (χ3v) is 9.95. The molecule has 3 aromatic carbocycles. The number of carbonyl (C=O) groups is 2. The van der Waals surface area contributed by atoms with Crippen molar-refractivity contribution in [2.45, 2.75) is 23.6 Å². The van der Waals surface area contributed by atoms with E-state index in [-0.39, 0.29) is 49.1 Å². The molecule has 0 radical (unpaired) electrons. The first-order chi connectivity index (χ1) is 24.7. The van der Waals surface area contributed by atoms with Crippen LogP contribution in [0.3, 0.4) is 0 Å². The van der Waals surface area contributed by atoms with Gasteiger partial charge in [0.05, 0.1) is 61.4 Å². The van der Waals surface area contributed by atoms with Gasteiger partial charge in [-0.25, -0.2) is 30.0 Å². The number of nitrogens with zero attached hydrogens (tertiary/aromatic N) is 3. The highest BCUT2D eigenvalue weighted by Gasteiger charge is 2.20. The van der Waals surface area contributed by atoms with Gasteiger partial charge in [-0.05, 0) is 61.4 Å². The van der Waals surface area contributed by atoms with Gasteiger partial charge in [0.25, 0.3) is 11.8 Å². The van der Waals surface area contributed by atoms with Crippen LogP contribution in [0.5, 0.6) is 0 Å². The summed E-state index contributed by atoms with van der Waals surface area (Å²) >= 11 is 0. The van der Waals surface area contributed by atoms with Crippen LogP contribution in [0.25, 0.3) is 21.8 Å². The zero-order chi connectivity index (χ0) is 39.0. The minimum Gasteiger partial charge on any atom is -0.365 e. The number of nitrogens with two attached hydrogens (primary N) is 2. The number of amides is 2. The van der Waals surface area contributed by atoms with Gasteiger partial charge in [0.1, 0.15) is 17.5 Å². The Morgan fingerprint density at radius 3 is 1.40 bits per heavy atom. The summed E-state index contributed by atoms with van der Waals surface area (Å²) in [6, 6.07) is 9.68. The molecule has 6 N–H and O–H groups in total. The lowest BCUT2D eigenvalue weighted by Crippen LogP contribution is -2.14. The van der Waals surface area contributed by atoms with Crippen molar-refractivity contribution in [3.05, 3.63) is 113 Å². The third-order valence-electron chi connectivity index (χ3n) is 7.76. The molecule has 6 aromatic rings. The summed E-state index contributed by atoms with van der Waals surface area (Å²) in [5.41, 5.74) is 13.6. The van der Waals surface area contributed by atoms with E-state index in [9.17, 15) is 39.6 Å². The van der Waals surface area contributed by atoms with Gasteiger partial charge < -0.3 is 22.1 Å². The molecule has 0 saturated heterocycles. The minimum atomic E-state index is -3.54. The van der Waals surface area contributed by atoms with Crippen LogP contribution in [0.4, 0.5) is 35.9 Å². The number of primary amides is 2. The van der Waals surface area contributed by atoms with E-state index in [4.69, 9.17) is 11.5 Å². The number of benzene rings is 3. The lowest BCUT2D eigenvalue weighted by molar-refractivity contribution is 0.0992. The Bertz CT molecular complexity index is 2690. The number of hydrogen-bond acceptors (Lipinski definition) is 11. The largest absolute Gasteiger partial charge is 0.365 e. The molecule has 3 aromatic heterocycles. The van der Waals surface area contributed by atoms with Gasteiger partial charge in [0.15, 0.2) is 19.7 Å². The van der Waals surface area contributed by atoms with E-state index >= 15 is 0 Å². The Labute approximate surface area is 301 Å². The summed E-state index contributed by atoms with van der Waals surface area (Å²) in [6.07, 6.45) is 7.07. The smallest absolute Gasteiger partial charge is 0.252 e. The predicted octanol–water partition coefficient (Wildman–Crippen LogP) is 5.39. The summed E-state index contributed by atoms with van der Waals surface area (Å²) in [5.74, 6) is -3.78. The van der Waals surface area contributed by atoms with E-state index in [1.54, 1.807) is 13.8 Å². The normalized spacial score (nSPS) is 11.5. The van der Waals surface area contributed by atoms with E-state index < -0.39 is 48.9 Å². The average molecular weight is 766 g/mol. The minimum absolute atomic E-state index is 0.0180. The predicted molar refractivity (Wildman–Crippen MR) is 193 cm³/mol. The standard InChI is InChI=1S/C18H15F2N3O3S.C17H15FN4O3S/c1-9-3-13(27(2,25)26)7-14-16(9)22-8-15(18(21)24)17(14)23-12-5-10(19)4-11(20)6-12;1-9-3-12(26(2,24)25)5-13-15(9)21-8-14(17(19)23)16(13)22-11-4-10(18)6-20-7-11/h3-8H,1-2H3,(H2,21,24)(H,22,23);3-8H,1-2H3,(H2,19,23)(H,21,22). The summed E-state index contributed by atoms with van der Waals surface area (Å²) in [5, 5.41) is 6.34. The van der Waals surface area contributed by atoms with Crippen molar-refractivity contribution in [3.63, 3.8) is 0 Å². The maximum atomic E-state index is 13.5. The summed E-state index contributed by atoms with van der Waals surface area (Å²) < 4.78 is 88.4. The molecule has 0 spiro atoms. The highest BCUT2D eigenvalue weighted by atomic mass is 32.2.